The van der Waals surface area contributed by atoms with E-state index in [0.29, 0.717) is 32.1 Å². The van der Waals surface area contributed by atoms with Crippen LogP contribution < -0.4 is 0 Å². The number of hydrogen-bond donors (Lipinski definition) is 0. The lowest BCUT2D eigenvalue weighted by Gasteiger charge is -2.10. The maximum Gasteiger partial charge on any atom is 0.236 e. The Morgan fingerprint density at radius 1 is 1.05 bits per heavy atom. The van der Waals surface area contributed by atoms with E-state index in [1.165, 1.54) is 0 Å². The third kappa shape index (κ3) is 2.17. The summed E-state index contributed by atoms with van der Waals surface area (Å²) in [6, 6.07) is 5.10. The van der Waals surface area contributed by atoms with E-state index in [1.807, 2.05) is 0 Å². The van der Waals surface area contributed by atoms with Gasteiger partial charge in [-0.15, -0.1) is 0 Å². The molecule has 0 unspecified atom stereocenters. The topological polar surface area (TPSA) is 30.2 Å². The Balaban J connectivity index is 2.35. The average molecular weight is 333 g/mol. The van der Waals surface area contributed by atoms with Crippen LogP contribution in [0.4, 0.5) is 0 Å². The summed E-state index contributed by atoms with van der Waals surface area (Å²) in [6.45, 7) is 0. The molecule has 0 atom stereocenters. The summed E-state index contributed by atoms with van der Waals surface area (Å²) in [6.07, 6.45) is 3.30. The van der Waals surface area contributed by atoms with Crippen molar-refractivity contribution in [3.63, 3.8) is 0 Å². The number of rotatable bonds is 1. The van der Waals surface area contributed by atoms with Crippen LogP contribution in [0.3, 0.4) is 0 Å². The quantitative estimate of drug-likeness (QED) is 0.586. The summed E-state index contributed by atoms with van der Waals surface area (Å²) in [4.78, 5) is 8.22. The number of imidazole rings is 1. The molecule has 0 saturated heterocycles. The lowest BCUT2D eigenvalue weighted by Crippen LogP contribution is -1.95. The molecule has 2 heterocycles. The lowest BCUT2D eigenvalue weighted by molar-refractivity contribution is 1.11. The molecule has 96 valence electrons. The highest BCUT2D eigenvalue weighted by molar-refractivity contribution is 6.41. The first-order valence-corrected chi connectivity index (χ1v) is 6.72. The van der Waals surface area contributed by atoms with Gasteiger partial charge < -0.3 is 0 Å². The van der Waals surface area contributed by atoms with Gasteiger partial charge in [-0.05, 0) is 12.1 Å². The molecule has 1 aromatic carbocycles. The molecule has 3 nitrogen and oxygen atoms in total. The first-order valence-electron chi connectivity index (χ1n) is 5.21. The van der Waals surface area contributed by atoms with E-state index in [4.69, 9.17) is 46.4 Å². The van der Waals surface area contributed by atoms with E-state index >= 15 is 0 Å². The van der Waals surface area contributed by atoms with Crippen molar-refractivity contribution in [2.75, 3.05) is 0 Å². The molecule has 0 saturated carbocycles. The predicted molar refractivity (Wildman–Crippen MR) is 78.5 cm³/mol. The third-order valence-corrected chi connectivity index (χ3v) is 3.84. The minimum absolute atomic E-state index is 0.243. The zero-order valence-electron chi connectivity index (χ0n) is 9.24. The van der Waals surface area contributed by atoms with Gasteiger partial charge in [-0.1, -0.05) is 52.5 Å². The van der Waals surface area contributed by atoms with Crippen molar-refractivity contribution in [1.29, 1.82) is 0 Å². The molecule has 0 aliphatic carbocycles. The molecular weight excluding hydrogens is 328 g/mol. The Labute approximate surface area is 128 Å². The van der Waals surface area contributed by atoms with Gasteiger partial charge in [0, 0.05) is 23.0 Å². The fraction of sp³-hybridized carbons (Fsp3) is 0. The fourth-order valence-corrected chi connectivity index (χ4v) is 2.94. The van der Waals surface area contributed by atoms with Crippen molar-refractivity contribution in [2.24, 2.45) is 0 Å². The van der Waals surface area contributed by atoms with Gasteiger partial charge in [0.05, 0.1) is 10.6 Å². The zero-order chi connectivity index (χ0) is 13.6. The van der Waals surface area contributed by atoms with Crippen LogP contribution in [-0.4, -0.2) is 14.4 Å². The first-order chi connectivity index (χ1) is 9.08. The number of benzene rings is 1. The van der Waals surface area contributed by atoms with Crippen LogP contribution in [0.5, 0.6) is 0 Å². The molecule has 3 rings (SSSR count). The molecule has 2 aromatic heterocycles. The van der Waals surface area contributed by atoms with Crippen molar-refractivity contribution in [2.45, 2.75) is 0 Å². The second-order valence-corrected chi connectivity index (χ2v) is 5.35. The minimum atomic E-state index is 0.243. The van der Waals surface area contributed by atoms with Crippen LogP contribution in [0, 0.1) is 0 Å². The van der Waals surface area contributed by atoms with Crippen molar-refractivity contribution in [3.05, 3.63) is 50.9 Å². The van der Waals surface area contributed by atoms with E-state index in [0.717, 1.165) is 0 Å². The van der Waals surface area contributed by atoms with Crippen molar-refractivity contribution >= 4 is 52.2 Å². The molecular formula is C12H5Cl4N3. The van der Waals surface area contributed by atoms with Crippen LogP contribution in [0.25, 0.3) is 16.9 Å². The van der Waals surface area contributed by atoms with Crippen LogP contribution in [-0.2, 0) is 0 Å². The van der Waals surface area contributed by atoms with E-state index in [1.54, 1.807) is 35.0 Å². The Kier molecular flexibility index (Phi) is 3.31. The molecule has 0 aliphatic heterocycles. The Bertz CT molecular complexity index is 782. The standard InChI is InChI=1S/C12H5Cl4N3/c13-6-1-2-7(8(14)5-6)9-10(15)18-12-17-3-4-19(12)11(9)16/h1-5H. The van der Waals surface area contributed by atoms with Crippen molar-refractivity contribution in [1.82, 2.24) is 14.4 Å². The summed E-state index contributed by atoms with van der Waals surface area (Å²) >= 11 is 24.6. The molecule has 0 radical (unpaired) electrons. The maximum atomic E-state index is 6.34. The second kappa shape index (κ2) is 4.84. The number of nitrogens with zero attached hydrogens (tertiary/aromatic N) is 3. The Hall–Kier alpha value is -1.000. The maximum absolute atomic E-state index is 6.34. The Morgan fingerprint density at radius 2 is 1.84 bits per heavy atom. The lowest BCUT2D eigenvalue weighted by atomic mass is 10.1. The van der Waals surface area contributed by atoms with Crippen LogP contribution >= 0.6 is 46.4 Å². The van der Waals surface area contributed by atoms with Gasteiger partial charge in [-0.2, -0.15) is 4.98 Å². The predicted octanol–water partition coefficient (Wildman–Crippen LogP) is 5.01. The fourth-order valence-electron chi connectivity index (χ4n) is 1.80. The first kappa shape index (κ1) is 13.0. The highest BCUT2D eigenvalue weighted by Crippen LogP contribution is 2.38. The average Bonchev–Trinajstić information content (AvgIpc) is 2.80. The monoisotopic (exact) mass is 331 g/mol. The van der Waals surface area contributed by atoms with Crippen LogP contribution in [0.2, 0.25) is 20.4 Å². The summed E-state index contributed by atoms with van der Waals surface area (Å²) < 4.78 is 1.63. The van der Waals surface area contributed by atoms with Crippen molar-refractivity contribution < 1.29 is 0 Å². The number of aromatic nitrogens is 3. The van der Waals surface area contributed by atoms with Crippen LogP contribution in [0.15, 0.2) is 30.6 Å². The van der Waals surface area contributed by atoms with E-state index in [-0.39, 0.29) is 5.15 Å². The minimum Gasteiger partial charge on any atom is -0.273 e. The van der Waals surface area contributed by atoms with E-state index in [2.05, 4.69) is 9.97 Å². The van der Waals surface area contributed by atoms with Gasteiger partial charge in [0.1, 0.15) is 10.3 Å². The normalized spacial score (nSPS) is 11.2. The number of hydrogen-bond acceptors (Lipinski definition) is 2. The SMILES string of the molecule is Clc1ccc(-c2c(Cl)nc3nccn3c2Cl)c(Cl)c1. The molecule has 0 N–H and O–H groups in total. The number of halogens is 4. The molecule has 0 aliphatic rings. The second-order valence-electron chi connectivity index (χ2n) is 3.79. The highest BCUT2D eigenvalue weighted by Gasteiger charge is 2.17. The third-order valence-electron chi connectivity index (χ3n) is 2.64. The van der Waals surface area contributed by atoms with Gasteiger partial charge in [-0.3, -0.25) is 4.40 Å². The molecule has 19 heavy (non-hydrogen) atoms. The summed E-state index contributed by atoms with van der Waals surface area (Å²) in [5.74, 6) is 0.434. The van der Waals surface area contributed by atoms with Gasteiger partial charge >= 0.3 is 0 Å². The zero-order valence-corrected chi connectivity index (χ0v) is 12.3. The largest absolute Gasteiger partial charge is 0.273 e. The molecule has 7 heteroatoms. The van der Waals surface area contributed by atoms with E-state index < -0.39 is 0 Å². The molecule has 0 spiro atoms. The number of fused-ring (bicyclic) bond motifs is 1. The van der Waals surface area contributed by atoms with Gasteiger partial charge in [0.2, 0.25) is 5.78 Å². The summed E-state index contributed by atoms with van der Waals surface area (Å²) in [7, 11) is 0. The summed E-state index contributed by atoms with van der Waals surface area (Å²) in [5, 5.41) is 1.64. The van der Waals surface area contributed by atoms with Gasteiger partial charge in [-0.25, -0.2) is 4.98 Å². The molecule has 0 amide bonds. The highest BCUT2D eigenvalue weighted by atomic mass is 35.5. The van der Waals surface area contributed by atoms with Crippen molar-refractivity contribution in [3.8, 4) is 11.1 Å². The molecule has 3 aromatic rings. The van der Waals surface area contributed by atoms with E-state index in [9.17, 15) is 0 Å². The van der Waals surface area contributed by atoms with Gasteiger partial charge in [0.25, 0.3) is 0 Å². The van der Waals surface area contributed by atoms with Crippen LogP contribution in [0.1, 0.15) is 0 Å². The summed E-state index contributed by atoms with van der Waals surface area (Å²) in [5.41, 5.74) is 1.22. The molecule has 0 bridgehead atoms. The van der Waals surface area contributed by atoms with Gasteiger partial charge in [0.15, 0.2) is 0 Å². The smallest absolute Gasteiger partial charge is 0.236 e. The molecule has 0 fully saturated rings. The Morgan fingerprint density at radius 3 is 2.58 bits per heavy atom.